The molecule has 0 fully saturated rings. The third-order valence-corrected chi connectivity index (χ3v) is 3.34. The Labute approximate surface area is 106 Å². The van der Waals surface area contributed by atoms with Gasteiger partial charge in [0.25, 0.3) is 0 Å². The molecule has 0 atom stereocenters. The molecule has 0 aliphatic rings. The second kappa shape index (κ2) is 6.49. The lowest BCUT2D eigenvalue weighted by Crippen LogP contribution is -2.15. The van der Waals surface area contributed by atoms with Gasteiger partial charge in [-0.1, -0.05) is 19.0 Å². The molecular weight excluding hydrogens is 234 g/mol. The summed E-state index contributed by atoms with van der Waals surface area (Å²) < 4.78 is 0. The summed E-state index contributed by atoms with van der Waals surface area (Å²) in [6.07, 6.45) is 1.12. The van der Waals surface area contributed by atoms with Crippen LogP contribution in [0.25, 0.3) is 0 Å². The summed E-state index contributed by atoms with van der Waals surface area (Å²) in [6.45, 7) is 6.31. The molecule has 3 N–H and O–H groups in total. The van der Waals surface area contributed by atoms with Crippen molar-refractivity contribution in [1.82, 2.24) is 4.98 Å². The predicted octanol–water partition coefficient (Wildman–Crippen LogP) is 2.62. The fraction of sp³-hybridized carbons (Fsp3) is 0.500. The zero-order valence-electron chi connectivity index (χ0n) is 10.5. The highest BCUT2D eigenvalue weighted by atomic mass is 32.2. The summed E-state index contributed by atoms with van der Waals surface area (Å²) in [5.74, 6) is 1.77. The Kier molecular flexibility index (Phi) is 5.28. The molecule has 0 spiro atoms. The topological polar surface area (TPSA) is 71.5 Å². The van der Waals surface area contributed by atoms with E-state index in [0.29, 0.717) is 11.5 Å². The first-order valence-electron chi connectivity index (χ1n) is 5.63. The van der Waals surface area contributed by atoms with Crippen LogP contribution in [0.15, 0.2) is 22.3 Å². The van der Waals surface area contributed by atoms with Crippen LogP contribution in [0.1, 0.15) is 31.5 Å². The van der Waals surface area contributed by atoms with Gasteiger partial charge in [0, 0.05) is 5.69 Å². The third kappa shape index (κ3) is 4.26. The molecular formula is C12H19N3OS. The molecule has 4 nitrogen and oxygen atoms in total. The van der Waals surface area contributed by atoms with E-state index in [9.17, 15) is 0 Å². The van der Waals surface area contributed by atoms with Gasteiger partial charge in [0.1, 0.15) is 5.03 Å². The van der Waals surface area contributed by atoms with Crippen LogP contribution in [-0.4, -0.2) is 21.8 Å². The maximum absolute atomic E-state index is 8.72. The molecule has 0 saturated heterocycles. The number of hydrogen-bond donors (Lipinski definition) is 2. The Balaban J connectivity index is 2.84. The Bertz CT molecular complexity index is 405. The van der Waals surface area contributed by atoms with Crippen molar-refractivity contribution in [2.24, 2.45) is 16.8 Å². The van der Waals surface area contributed by atoms with E-state index >= 15 is 0 Å². The molecule has 1 aromatic rings. The first-order valence-corrected chi connectivity index (χ1v) is 6.61. The standard InChI is InChI=1S/C12H19N3OS/c1-8(2)6-7-17-12-10(11(13)15-16)5-4-9(3)14-12/h4-5,8,16H,6-7H2,1-3H3,(H2,13,15). The Morgan fingerprint density at radius 1 is 1.53 bits per heavy atom. The van der Waals surface area contributed by atoms with E-state index in [1.807, 2.05) is 19.1 Å². The molecule has 0 saturated carbocycles. The third-order valence-electron chi connectivity index (χ3n) is 2.32. The number of aromatic nitrogens is 1. The van der Waals surface area contributed by atoms with Gasteiger partial charge in [0.2, 0.25) is 0 Å². The molecule has 0 unspecified atom stereocenters. The van der Waals surface area contributed by atoms with Crippen molar-refractivity contribution >= 4 is 17.6 Å². The van der Waals surface area contributed by atoms with E-state index in [-0.39, 0.29) is 5.84 Å². The normalized spacial score (nSPS) is 12.1. The molecule has 0 amide bonds. The summed E-state index contributed by atoms with van der Waals surface area (Å²) in [5.41, 5.74) is 7.26. The Morgan fingerprint density at radius 2 is 2.24 bits per heavy atom. The Hall–Kier alpha value is -1.23. The smallest absolute Gasteiger partial charge is 0.172 e. The van der Waals surface area contributed by atoms with E-state index in [1.54, 1.807) is 11.8 Å². The molecule has 0 aliphatic carbocycles. The highest BCUT2D eigenvalue weighted by molar-refractivity contribution is 7.99. The number of thioether (sulfide) groups is 1. The maximum Gasteiger partial charge on any atom is 0.172 e. The van der Waals surface area contributed by atoms with Crippen LogP contribution in [0.3, 0.4) is 0 Å². The molecule has 94 valence electrons. The number of oxime groups is 1. The van der Waals surface area contributed by atoms with E-state index in [4.69, 9.17) is 10.9 Å². The van der Waals surface area contributed by atoms with Crippen molar-refractivity contribution in [3.05, 3.63) is 23.4 Å². The minimum atomic E-state index is 0.115. The van der Waals surface area contributed by atoms with Gasteiger partial charge in [0.15, 0.2) is 5.84 Å². The van der Waals surface area contributed by atoms with Crippen LogP contribution in [0.5, 0.6) is 0 Å². The Morgan fingerprint density at radius 3 is 2.82 bits per heavy atom. The van der Waals surface area contributed by atoms with Gasteiger partial charge >= 0.3 is 0 Å². The lowest BCUT2D eigenvalue weighted by Gasteiger charge is -2.09. The van der Waals surface area contributed by atoms with Crippen LogP contribution < -0.4 is 5.73 Å². The van der Waals surface area contributed by atoms with Crippen molar-refractivity contribution in [3.63, 3.8) is 0 Å². The van der Waals surface area contributed by atoms with Gasteiger partial charge in [-0.3, -0.25) is 0 Å². The largest absolute Gasteiger partial charge is 0.409 e. The lowest BCUT2D eigenvalue weighted by molar-refractivity contribution is 0.318. The average molecular weight is 253 g/mol. The van der Waals surface area contributed by atoms with E-state index in [1.165, 1.54) is 0 Å². The van der Waals surface area contributed by atoms with Crippen LogP contribution in [0.2, 0.25) is 0 Å². The van der Waals surface area contributed by atoms with Crippen LogP contribution in [0, 0.1) is 12.8 Å². The average Bonchev–Trinajstić information content (AvgIpc) is 2.28. The minimum absolute atomic E-state index is 0.115. The molecule has 1 heterocycles. The van der Waals surface area contributed by atoms with Crippen molar-refractivity contribution in [1.29, 1.82) is 0 Å². The highest BCUT2D eigenvalue weighted by Crippen LogP contribution is 2.22. The van der Waals surface area contributed by atoms with Crippen molar-refractivity contribution < 1.29 is 5.21 Å². The fourth-order valence-corrected chi connectivity index (χ4v) is 2.60. The monoisotopic (exact) mass is 253 g/mol. The van der Waals surface area contributed by atoms with Gasteiger partial charge in [-0.05, 0) is 37.1 Å². The first-order chi connectivity index (χ1) is 8.04. The molecule has 0 aromatic carbocycles. The summed E-state index contributed by atoms with van der Waals surface area (Å²) in [6, 6.07) is 3.70. The zero-order valence-corrected chi connectivity index (χ0v) is 11.3. The quantitative estimate of drug-likeness (QED) is 0.278. The molecule has 1 aromatic heterocycles. The summed E-state index contributed by atoms with van der Waals surface area (Å²) in [7, 11) is 0. The fourth-order valence-electron chi connectivity index (χ4n) is 1.28. The van der Waals surface area contributed by atoms with E-state index in [0.717, 1.165) is 22.9 Å². The molecule has 1 rings (SSSR count). The van der Waals surface area contributed by atoms with Gasteiger partial charge in [0.05, 0.1) is 5.56 Å². The molecule has 0 aliphatic heterocycles. The van der Waals surface area contributed by atoms with Crippen molar-refractivity contribution in [2.45, 2.75) is 32.2 Å². The summed E-state index contributed by atoms with van der Waals surface area (Å²) in [5, 5.41) is 12.6. The van der Waals surface area contributed by atoms with Crippen molar-refractivity contribution in [2.75, 3.05) is 5.75 Å². The zero-order chi connectivity index (χ0) is 12.8. The number of hydrogen-bond acceptors (Lipinski definition) is 4. The molecule has 0 radical (unpaired) electrons. The second-order valence-corrected chi connectivity index (χ2v) is 5.41. The number of aryl methyl sites for hydroxylation is 1. The number of pyridine rings is 1. The van der Waals surface area contributed by atoms with E-state index in [2.05, 4.69) is 24.0 Å². The van der Waals surface area contributed by atoms with Crippen LogP contribution in [0.4, 0.5) is 0 Å². The number of nitrogens with zero attached hydrogens (tertiary/aromatic N) is 2. The number of rotatable bonds is 5. The first kappa shape index (κ1) is 13.8. The summed E-state index contributed by atoms with van der Waals surface area (Å²) >= 11 is 1.65. The van der Waals surface area contributed by atoms with Crippen LogP contribution in [-0.2, 0) is 0 Å². The summed E-state index contributed by atoms with van der Waals surface area (Å²) in [4.78, 5) is 4.43. The van der Waals surface area contributed by atoms with Gasteiger partial charge < -0.3 is 10.9 Å². The maximum atomic E-state index is 8.72. The number of amidine groups is 1. The molecule has 17 heavy (non-hydrogen) atoms. The predicted molar refractivity (Wildman–Crippen MR) is 71.7 cm³/mol. The van der Waals surface area contributed by atoms with Gasteiger partial charge in [-0.25, -0.2) is 4.98 Å². The van der Waals surface area contributed by atoms with Gasteiger partial charge in [-0.15, -0.1) is 11.8 Å². The second-order valence-electron chi connectivity index (χ2n) is 4.32. The highest BCUT2D eigenvalue weighted by Gasteiger charge is 2.09. The molecule has 5 heteroatoms. The van der Waals surface area contributed by atoms with E-state index < -0.39 is 0 Å². The van der Waals surface area contributed by atoms with Gasteiger partial charge in [-0.2, -0.15) is 0 Å². The number of nitrogens with two attached hydrogens (primary N) is 1. The minimum Gasteiger partial charge on any atom is -0.409 e. The SMILES string of the molecule is Cc1ccc(/C(N)=N/O)c(SCCC(C)C)n1. The molecule has 0 bridgehead atoms. The lowest BCUT2D eigenvalue weighted by atomic mass is 10.2. The van der Waals surface area contributed by atoms with Crippen LogP contribution >= 0.6 is 11.8 Å². The van der Waals surface area contributed by atoms with Crippen molar-refractivity contribution in [3.8, 4) is 0 Å².